The molecular weight excluding hydrogens is 248 g/mol. The fraction of sp³-hybridized carbons (Fsp3) is 0.385. The van der Waals surface area contributed by atoms with Crippen LogP contribution in [0.5, 0.6) is 5.75 Å². The van der Waals surface area contributed by atoms with E-state index < -0.39 is 5.92 Å². The quantitative estimate of drug-likeness (QED) is 0.645. The number of nitrogens with two attached hydrogens (primary N) is 1. The fourth-order valence-corrected chi connectivity index (χ4v) is 2.17. The third-order valence-electron chi connectivity index (χ3n) is 3.18. The van der Waals surface area contributed by atoms with E-state index in [1.807, 2.05) is 0 Å². The molecule has 1 fully saturated rings. The highest BCUT2D eigenvalue weighted by Crippen LogP contribution is 2.31. The van der Waals surface area contributed by atoms with Crippen LogP contribution in [0.2, 0.25) is 0 Å². The summed E-state index contributed by atoms with van der Waals surface area (Å²) in [7, 11) is 2.85. The van der Waals surface area contributed by atoms with Crippen LogP contribution in [-0.2, 0) is 14.3 Å². The van der Waals surface area contributed by atoms with Gasteiger partial charge in [0.05, 0.1) is 25.8 Å². The molecule has 19 heavy (non-hydrogen) atoms. The van der Waals surface area contributed by atoms with Gasteiger partial charge in [-0.05, 0) is 18.2 Å². The van der Waals surface area contributed by atoms with Crippen LogP contribution in [0.4, 0.5) is 11.4 Å². The maximum atomic E-state index is 11.9. The number of esters is 1. The lowest BCUT2D eigenvalue weighted by molar-refractivity contribution is -0.145. The van der Waals surface area contributed by atoms with Crippen LogP contribution in [0.15, 0.2) is 18.2 Å². The maximum absolute atomic E-state index is 11.9. The van der Waals surface area contributed by atoms with Gasteiger partial charge in [0.2, 0.25) is 5.91 Å². The first-order valence-electron chi connectivity index (χ1n) is 5.88. The lowest BCUT2D eigenvalue weighted by Gasteiger charge is -2.17. The number of nitrogens with zero attached hydrogens (tertiary/aromatic N) is 1. The minimum Gasteiger partial charge on any atom is -0.495 e. The second-order valence-electron chi connectivity index (χ2n) is 4.35. The molecule has 1 saturated heterocycles. The zero-order valence-corrected chi connectivity index (χ0v) is 10.9. The number of ether oxygens (including phenoxy) is 2. The van der Waals surface area contributed by atoms with Crippen molar-refractivity contribution >= 4 is 23.3 Å². The van der Waals surface area contributed by atoms with Crippen molar-refractivity contribution in [3.8, 4) is 5.75 Å². The Kier molecular flexibility index (Phi) is 3.59. The smallest absolute Gasteiger partial charge is 0.311 e. The molecule has 0 aliphatic carbocycles. The van der Waals surface area contributed by atoms with Crippen LogP contribution in [0.25, 0.3) is 0 Å². The molecule has 1 amide bonds. The van der Waals surface area contributed by atoms with Gasteiger partial charge in [0.25, 0.3) is 0 Å². The average molecular weight is 264 g/mol. The second kappa shape index (κ2) is 5.17. The molecule has 102 valence electrons. The van der Waals surface area contributed by atoms with Crippen molar-refractivity contribution < 1.29 is 19.1 Å². The number of amides is 1. The molecule has 0 unspecified atom stereocenters. The van der Waals surface area contributed by atoms with Gasteiger partial charge in [0, 0.05) is 18.7 Å². The van der Waals surface area contributed by atoms with E-state index in [4.69, 9.17) is 10.5 Å². The van der Waals surface area contributed by atoms with Crippen LogP contribution in [0, 0.1) is 5.92 Å². The Morgan fingerprint density at radius 1 is 1.42 bits per heavy atom. The zero-order chi connectivity index (χ0) is 14.0. The van der Waals surface area contributed by atoms with E-state index in [-0.39, 0.29) is 18.3 Å². The van der Waals surface area contributed by atoms with Crippen molar-refractivity contribution in [2.45, 2.75) is 6.42 Å². The van der Waals surface area contributed by atoms with E-state index >= 15 is 0 Å². The first-order chi connectivity index (χ1) is 9.06. The molecule has 2 N–H and O–H groups in total. The van der Waals surface area contributed by atoms with Gasteiger partial charge in [-0.25, -0.2) is 0 Å². The Labute approximate surface area is 111 Å². The summed E-state index contributed by atoms with van der Waals surface area (Å²) in [6.45, 7) is 0.317. The van der Waals surface area contributed by atoms with Crippen molar-refractivity contribution in [2.24, 2.45) is 5.92 Å². The Hall–Kier alpha value is -2.24. The van der Waals surface area contributed by atoms with Crippen LogP contribution in [0.3, 0.4) is 0 Å². The number of anilines is 2. The third kappa shape index (κ3) is 2.47. The van der Waals surface area contributed by atoms with E-state index in [2.05, 4.69) is 4.74 Å². The molecule has 1 aromatic rings. The lowest BCUT2D eigenvalue weighted by atomic mass is 10.1. The van der Waals surface area contributed by atoms with E-state index in [0.29, 0.717) is 23.7 Å². The number of nitrogen functional groups attached to an aromatic ring is 1. The molecule has 0 saturated carbocycles. The minimum atomic E-state index is -0.416. The van der Waals surface area contributed by atoms with Crippen molar-refractivity contribution in [3.05, 3.63) is 18.2 Å². The Balaban J connectivity index is 2.21. The molecule has 0 radical (unpaired) electrons. The Morgan fingerprint density at radius 3 is 2.74 bits per heavy atom. The van der Waals surface area contributed by atoms with Gasteiger partial charge in [-0.15, -0.1) is 0 Å². The molecule has 1 aromatic carbocycles. The first-order valence-corrected chi connectivity index (χ1v) is 5.88. The van der Waals surface area contributed by atoms with Crippen molar-refractivity contribution in [1.29, 1.82) is 0 Å². The molecule has 1 aliphatic heterocycles. The van der Waals surface area contributed by atoms with Crippen LogP contribution < -0.4 is 15.4 Å². The van der Waals surface area contributed by atoms with Gasteiger partial charge in [-0.3, -0.25) is 9.59 Å². The van der Waals surface area contributed by atoms with Gasteiger partial charge in [-0.1, -0.05) is 0 Å². The van der Waals surface area contributed by atoms with E-state index in [9.17, 15) is 9.59 Å². The number of methoxy groups -OCH3 is 2. The monoisotopic (exact) mass is 264 g/mol. The summed E-state index contributed by atoms with van der Waals surface area (Å²) in [5.74, 6) is -0.335. The standard InChI is InChI=1S/C13H16N2O4/c1-18-11-4-3-9(6-10(11)14)15-7-8(5-12(15)16)13(17)19-2/h3-4,6,8H,5,7,14H2,1-2H3/t8-/m0/s1. The van der Waals surface area contributed by atoms with Crippen LogP contribution in [-0.4, -0.2) is 32.6 Å². The molecule has 6 nitrogen and oxygen atoms in total. The average Bonchev–Trinajstić information content (AvgIpc) is 2.80. The molecule has 2 rings (SSSR count). The van der Waals surface area contributed by atoms with Gasteiger partial charge in [0.15, 0.2) is 0 Å². The highest BCUT2D eigenvalue weighted by atomic mass is 16.5. The second-order valence-corrected chi connectivity index (χ2v) is 4.35. The lowest BCUT2D eigenvalue weighted by Crippen LogP contribution is -2.26. The third-order valence-corrected chi connectivity index (χ3v) is 3.18. The number of hydrogen-bond acceptors (Lipinski definition) is 5. The molecule has 1 atom stereocenters. The number of carbonyl (C=O) groups is 2. The summed E-state index contributed by atoms with van der Waals surface area (Å²) in [6, 6.07) is 5.10. The van der Waals surface area contributed by atoms with Crippen molar-refractivity contribution in [2.75, 3.05) is 31.4 Å². The maximum Gasteiger partial charge on any atom is 0.311 e. The number of carbonyl (C=O) groups excluding carboxylic acids is 2. The topological polar surface area (TPSA) is 81.9 Å². The molecule has 0 aromatic heterocycles. The van der Waals surface area contributed by atoms with Crippen molar-refractivity contribution in [1.82, 2.24) is 0 Å². The van der Waals surface area contributed by atoms with Crippen LogP contribution in [0.1, 0.15) is 6.42 Å². The highest BCUT2D eigenvalue weighted by Gasteiger charge is 2.35. The van der Waals surface area contributed by atoms with E-state index in [1.54, 1.807) is 18.2 Å². The Morgan fingerprint density at radius 2 is 2.16 bits per heavy atom. The predicted molar refractivity (Wildman–Crippen MR) is 69.9 cm³/mol. The molecular formula is C13H16N2O4. The molecule has 0 bridgehead atoms. The van der Waals surface area contributed by atoms with Gasteiger partial charge >= 0.3 is 5.97 Å². The summed E-state index contributed by atoms with van der Waals surface area (Å²) in [5, 5.41) is 0. The SMILES string of the molecule is COC(=O)[C@H]1CC(=O)N(c2ccc(OC)c(N)c2)C1. The number of benzene rings is 1. The summed E-state index contributed by atoms with van der Waals surface area (Å²) in [4.78, 5) is 24.9. The normalized spacial score (nSPS) is 18.5. The fourth-order valence-electron chi connectivity index (χ4n) is 2.17. The van der Waals surface area contributed by atoms with Crippen LogP contribution >= 0.6 is 0 Å². The molecule has 1 heterocycles. The zero-order valence-electron chi connectivity index (χ0n) is 10.9. The summed E-state index contributed by atoms with van der Waals surface area (Å²) in [6.07, 6.45) is 0.165. The molecule has 1 aliphatic rings. The molecule has 6 heteroatoms. The van der Waals surface area contributed by atoms with E-state index in [0.717, 1.165) is 0 Å². The van der Waals surface area contributed by atoms with Crippen molar-refractivity contribution in [3.63, 3.8) is 0 Å². The first kappa shape index (κ1) is 13.2. The highest BCUT2D eigenvalue weighted by molar-refractivity contribution is 5.99. The summed E-state index contributed by atoms with van der Waals surface area (Å²) in [5.41, 5.74) is 6.93. The van der Waals surface area contributed by atoms with Gasteiger partial charge in [0.1, 0.15) is 5.75 Å². The molecule has 0 spiro atoms. The largest absolute Gasteiger partial charge is 0.495 e. The number of hydrogen-bond donors (Lipinski definition) is 1. The van der Waals surface area contributed by atoms with Gasteiger partial charge in [-0.2, -0.15) is 0 Å². The van der Waals surface area contributed by atoms with E-state index in [1.165, 1.54) is 19.1 Å². The minimum absolute atomic E-state index is 0.111. The number of rotatable bonds is 3. The van der Waals surface area contributed by atoms with Gasteiger partial charge < -0.3 is 20.1 Å². The summed E-state index contributed by atoms with van der Waals surface area (Å²) < 4.78 is 9.73. The predicted octanol–water partition coefficient (Wildman–Crippen LogP) is 0.803. The Bertz CT molecular complexity index is 515. The summed E-state index contributed by atoms with van der Waals surface area (Å²) >= 11 is 0.